The molecule has 25 heavy (non-hydrogen) atoms. The van der Waals surface area contributed by atoms with Gasteiger partial charge in [0.15, 0.2) is 0 Å². The first-order valence-corrected chi connectivity index (χ1v) is 8.50. The van der Waals surface area contributed by atoms with Crippen LogP contribution >= 0.6 is 0 Å². The number of nitrogens with one attached hydrogen (secondary N) is 2. The SMILES string of the molecule is CC1(C)CC(N=C=O)CC(C)(CNC(=O)NCC(CO)CC(=O)O)C1. The fourth-order valence-corrected chi connectivity index (χ4v) is 3.92. The Morgan fingerprint density at radius 1 is 1.28 bits per heavy atom. The predicted octanol–water partition coefficient (Wildman–Crippen LogP) is 1.29. The van der Waals surface area contributed by atoms with Crippen molar-refractivity contribution in [2.75, 3.05) is 19.7 Å². The van der Waals surface area contributed by atoms with Crippen LogP contribution in [-0.4, -0.2) is 54.0 Å². The summed E-state index contributed by atoms with van der Waals surface area (Å²) < 4.78 is 0. The second-order valence-electron chi connectivity index (χ2n) is 8.14. The molecule has 1 saturated carbocycles. The maximum Gasteiger partial charge on any atom is 0.314 e. The third kappa shape index (κ3) is 7.67. The quantitative estimate of drug-likeness (QED) is 0.385. The van der Waals surface area contributed by atoms with Crippen molar-refractivity contribution >= 4 is 18.1 Å². The first kappa shape index (κ1) is 21.1. The molecule has 8 heteroatoms. The highest BCUT2D eigenvalue weighted by Gasteiger charge is 2.41. The van der Waals surface area contributed by atoms with Crippen molar-refractivity contribution in [3.8, 4) is 0 Å². The van der Waals surface area contributed by atoms with Gasteiger partial charge < -0.3 is 20.8 Å². The Balaban J connectivity index is 2.52. The van der Waals surface area contributed by atoms with Crippen molar-refractivity contribution in [2.24, 2.45) is 21.7 Å². The Bertz CT molecular complexity index is 530. The van der Waals surface area contributed by atoms with Gasteiger partial charge >= 0.3 is 12.0 Å². The third-order valence-corrected chi connectivity index (χ3v) is 4.61. The Labute approximate surface area is 148 Å². The van der Waals surface area contributed by atoms with E-state index in [1.54, 1.807) is 6.08 Å². The molecule has 0 aromatic heterocycles. The molecule has 0 aromatic rings. The van der Waals surface area contributed by atoms with Crippen molar-refractivity contribution in [2.45, 2.75) is 52.5 Å². The molecule has 2 amide bonds. The summed E-state index contributed by atoms with van der Waals surface area (Å²) in [6, 6.07) is -0.491. The number of urea groups is 1. The number of aliphatic hydroxyl groups is 1. The number of carbonyl (C=O) groups excluding carboxylic acids is 2. The minimum absolute atomic E-state index is 0.0135. The van der Waals surface area contributed by atoms with E-state index in [4.69, 9.17) is 10.2 Å². The topological polar surface area (TPSA) is 128 Å². The average molecular weight is 355 g/mol. The van der Waals surface area contributed by atoms with Gasteiger partial charge in [0, 0.05) is 25.6 Å². The zero-order valence-corrected chi connectivity index (χ0v) is 15.2. The van der Waals surface area contributed by atoms with E-state index < -0.39 is 17.9 Å². The van der Waals surface area contributed by atoms with E-state index in [2.05, 4.69) is 36.4 Å². The Kier molecular flexibility index (Phi) is 7.58. The molecular formula is C17H29N3O5. The molecule has 8 nitrogen and oxygen atoms in total. The van der Waals surface area contributed by atoms with Gasteiger partial charge in [0.05, 0.1) is 12.5 Å². The summed E-state index contributed by atoms with van der Waals surface area (Å²) in [7, 11) is 0. The molecule has 1 aliphatic rings. The number of aliphatic imine (C=N–C) groups is 1. The van der Waals surface area contributed by atoms with E-state index in [0.717, 1.165) is 12.8 Å². The molecule has 0 aromatic carbocycles. The lowest BCUT2D eigenvalue weighted by molar-refractivity contribution is -0.138. The van der Waals surface area contributed by atoms with Crippen LogP contribution in [0.25, 0.3) is 0 Å². The molecule has 4 N–H and O–H groups in total. The summed E-state index contributed by atoms with van der Waals surface area (Å²) in [5.74, 6) is -1.53. The predicted molar refractivity (Wildman–Crippen MR) is 91.9 cm³/mol. The number of aliphatic hydroxyl groups excluding tert-OH is 1. The number of carbonyl (C=O) groups is 2. The first-order chi connectivity index (χ1) is 11.6. The number of isocyanates is 1. The van der Waals surface area contributed by atoms with E-state index in [9.17, 15) is 14.4 Å². The van der Waals surface area contributed by atoms with Gasteiger partial charge in [0.2, 0.25) is 6.08 Å². The van der Waals surface area contributed by atoms with Crippen LogP contribution < -0.4 is 10.6 Å². The van der Waals surface area contributed by atoms with E-state index in [0.29, 0.717) is 13.0 Å². The van der Waals surface area contributed by atoms with E-state index in [1.165, 1.54) is 0 Å². The summed E-state index contributed by atoms with van der Waals surface area (Å²) in [6.45, 7) is 6.52. The Morgan fingerprint density at radius 2 is 1.96 bits per heavy atom. The summed E-state index contributed by atoms with van der Waals surface area (Å²) >= 11 is 0. The third-order valence-electron chi connectivity index (χ3n) is 4.61. The van der Waals surface area contributed by atoms with Crippen LogP contribution in [0.5, 0.6) is 0 Å². The van der Waals surface area contributed by atoms with Crippen LogP contribution in [0.3, 0.4) is 0 Å². The monoisotopic (exact) mass is 355 g/mol. The molecule has 142 valence electrons. The van der Waals surface area contributed by atoms with Crippen LogP contribution in [-0.2, 0) is 9.59 Å². The highest BCUT2D eigenvalue weighted by atomic mass is 16.4. The van der Waals surface area contributed by atoms with E-state index in [1.807, 2.05) is 0 Å². The summed E-state index contributed by atoms with van der Waals surface area (Å²) in [6.07, 6.45) is 3.84. The van der Waals surface area contributed by atoms with Crippen molar-refractivity contribution in [3.05, 3.63) is 0 Å². The number of rotatable bonds is 8. The van der Waals surface area contributed by atoms with Crippen molar-refractivity contribution in [1.82, 2.24) is 10.6 Å². The molecule has 0 saturated heterocycles. The molecule has 1 fully saturated rings. The molecule has 0 radical (unpaired) electrons. The van der Waals surface area contributed by atoms with Crippen LogP contribution in [0.2, 0.25) is 0 Å². The van der Waals surface area contributed by atoms with Crippen LogP contribution in [0.15, 0.2) is 4.99 Å². The lowest BCUT2D eigenvalue weighted by atomic mass is 9.63. The molecule has 3 atom stereocenters. The second-order valence-corrected chi connectivity index (χ2v) is 8.14. The van der Waals surface area contributed by atoms with Crippen molar-refractivity contribution < 1.29 is 24.6 Å². The number of hydrogen-bond donors (Lipinski definition) is 4. The first-order valence-electron chi connectivity index (χ1n) is 8.50. The van der Waals surface area contributed by atoms with Gasteiger partial charge in [0.25, 0.3) is 0 Å². The maximum atomic E-state index is 12.0. The smallest absolute Gasteiger partial charge is 0.314 e. The number of amides is 2. The van der Waals surface area contributed by atoms with E-state index >= 15 is 0 Å². The molecule has 0 bridgehead atoms. The van der Waals surface area contributed by atoms with Gasteiger partial charge in [-0.3, -0.25) is 4.79 Å². The Morgan fingerprint density at radius 3 is 2.52 bits per heavy atom. The minimum Gasteiger partial charge on any atom is -0.481 e. The number of hydrogen-bond acceptors (Lipinski definition) is 5. The molecule has 1 rings (SSSR count). The molecule has 0 heterocycles. The van der Waals surface area contributed by atoms with E-state index in [-0.39, 0.29) is 36.4 Å². The van der Waals surface area contributed by atoms with Crippen molar-refractivity contribution in [3.63, 3.8) is 0 Å². The van der Waals surface area contributed by atoms with Crippen LogP contribution in [0, 0.1) is 16.7 Å². The lowest BCUT2D eigenvalue weighted by Crippen LogP contribution is -2.47. The molecular weight excluding hydrogens is 326 g/mol. The number of aliphatic carboxylic acids is 1. The summed E-state index contributed by atoms with van der Waals surface area (Å²) in [5.41, 5.74) is -0.179. The maximum absolute atomic E-state index is 12.0. The van der Waals surface area contributed by atoms with Gasteiger partial charge in [-0.05, 0) is 30.1 Å². The minimum atomic E-state index is -1.01. The zero-order chi connectivity index (χ0) is 19.1. The fourth-order valence-electron chi connectivity index (χ4n) is 3.92. The lowest BCUT2D eigenvalue weighted by Gasteiger charge is -2.45. The highest BCUT2D eigenvalue weighted by Crippen LogP contribution is 2.46. The highest BCUT2D eigenvalue weighted by molar-refractivity contribution is 5.74. The van der Waals surface area contributed by atoms with Crippen molar-refractivity contribution in [1.29, 1.82) is 0 Å². The van der Waals surface area contributed by atoms with Gasteiger partial charge in [0.1, 0.15) is 0 Å². The molecule has 1 aliphatic carbocycles. The van der Waals surface area contributed by atoms with Crippen LogP contribution in [0.4, 0.5) is 4.79 Å². The van der Waals surface area contributed by atoms with Gasteiger partial charge in [-0.2, -0.15) is 0 Å². The van der Waals surface area contributed by atoms with Gasteiger partial charge in [-0.15, -0.1) is 0 Å². The summed E-state index contributed by atoms with van der Waals surface area (Å²) in [4.78, 5) is 37.1. The average Bonchev–Trinajstić information content (AvgIpc) is 2.47. The molecule has 3 unspecified atom stereocenters. The summed E-state index contributed by atoms with van der Waals surface area (Å²) in [5, 5.41) is 23.3. The fraction of sp³-hybridized carbons (Fsp3) is 0.824. The standard InChI is InChI=1S/C17H29N3O5/c1-16(2)5-13(20-11-22)6-17(3,9-16)10-19-15(25)18-7-12(8-21)4-14(23)24/h12-13,21H,4-10H2,1-3H3,(H,23,24)(H2,18,19,25). The largest absolute Gasteiger partial charge is 0.481 e. The zero-order valence-electron chi connectivity index (χ0n) is 15.2. The second kappa shape index (κ2) is 8.97. The van der Waals surface area contributed by atoms with Crippen LogP contribution in [0.1, 0.15) is 46.5 Å². The normalized spacial score (nSPS) is 26.2. The molecule has 0 aliphatic heterocycles. The Hall–Kier alpha value is -1.92. The number of nitrogens with zero attached hydrogens (tertiary/aromatic N) is 1. The molecule has 0 spiro atoms. The van der Waals surface area contributed by atoms with Gasteiger partial charge in [-0.25, -0.2) is 14.6 Å². The number of carboxylic acid groups (broad SMARTS) is 1. The van der Waals surface area contributed by atoms with Gasteiger partial charge in [-0.1, -0.05) is 20.8 Å². The number of carboxylic acids is 1.